The molecule has 8 heteroatoms. The van der Waals surface area contributed by atoms with Crippen molar-refractivity contribution >= 4 is 17.7 Å². The van der Waals surface area contributed by atoms with E-state index in [2.05, 4.69) is 25.2 Å². The number of rotatable bonds is 5. The van der Waals surface area contributed by atoms with Gasteiger partial charge >= 0.3 is 0 Å². The highest BCUT2D eigenvalue weighted by Gasteiger charge is 2.23. The molecule has 1 atom stereocenters. The average Bonchev–Trinajstić information content (AvgIpc) is 3.26. The Hall–Kier alpha value is -2.74. The number of hydrogen-bond donors (Lipinski definition) is 1. The average molecular weight is 368 g/mol. The van der Waals surface area contributed by atoms with Crippen LogP contribution in [0.2, 0.25) is 0 Å². The van der Waals surface area contributed by atoms with Gasteiger partial charge in [-0.25, -0.2) is 15.0 Å². The molecule has 0 radical (unpaired) electrons. The van der Waals surface area contributed by atoms with Gasteiger partial charge in [0.2, 0.25) is 5.95 Å². The Morgan fingerprint density at radius 2 is 1.96 bits per heavy atom. The molecule has 2 aromatic heterocycles. The van der Waals surface area contributed by atoms with Crippen LogP contribution in [0.5, 0.6) is 0 Å². The lowest BCUT2D eigenvalue weighted by Gasteiger charge is -2.34. The summed E-state index contributed by atoms with van der Waals surface area (Å²) >= 11 is 0. The van der Waals surface area contributed by atoms with Crippen LogP contribution < -0.4 is 10.2 Å². The normalized spacial score (nSPS) is 19.9. The third kappa shape index (κ3) is 4.33. The molecule has 1 amide bonds. The molecule has 2 aromatic rings. The molecule has 0 aromatic carbocycles. The van der Waals surface area contributed by atoms with Crippen molar-refractivity contribution in [1.82, 2.24) is 19.9 Å². The van der Waals surface area contributed by atoms with Crippen molar-refractivity contribution in [3.05, 3.63) is 42.4 Å². The van der Waals surface area contributed by atoms with Crippen molar-refractivity contribution in [2.45, 2.75) is 18.9 Å². The van der Waals surface area contributed by atoms with Crippen LogP contribution >= 0.6 is 0 Å². The standard InChI is InChI=1S/C19H24N6O2/c26-18(24-8-10-25(11-9-24)19-21-5-2-6-22-19)15-4-7-20-17(13-15)23-14-16-3-1-12-27-16/h2,4-7,13,16H,1,3,8-12,14H2,(H,20,23). The Balaban J connectivity index is 1.33. The second kappa shape index (κ2) is 8.30. The zero-order valence-electron chi connectivity index (χ0n) is 15.3. The van der Waals surface area contributed by atoms with Crippen molar-refractivity contribution in [2.75, 3.05) is 49.5 Å². The van der Waals surface area contributed by atoms with Crippen LogP contribution in [-0.2, 0) is 4.74 Å². The Morgan fingerprint density at radius 1 is 1.15 bits per heavy atom. The monoisotopic (exact) mass is 368 g/mol. The SMILES string of the molecule is O=C(c1ccnc(NCC2CCCO2)c1)N1CCN(c2ncccn2)CC1. The van der Waals surface area contributed by atoms with Crippen LogP contribution in [0.25, 0.3) is 0 Å². The highest BCUT2D eigenvalue weighted by atomic mass is 16.5. The van der Waals surface area contributed by atoms with E-state index in [-0.39, 0.29) is 12.0 Å². The summed E-state index contributed by atoms with van der Waals surface area (Å²) in [7, 11) is 0. The summed E-state index contributed by atoms with van der Waals surface area (Å²) in [5.74, 6) is 1.47. The van der Waals surface area contributed by atoms with Crippen molar-refractivity contribution in [1.29, 1.82) is 0 Å². The number of amides is 1. The number of anilines is 2. The molecule has 2 aliphatic rings. The maximum absolute atomic E-state index is 12.9. The summed E-state index contributed by atoms with van der Waals surface area (Å²) in [6.45, 7) is 4.31. The van der Waals surface area contributed by atoms with Crippen LogP contribution in [0.1, 0.15) is 23.2 Å². The zero-order valence-corrected chi connectivity index (χ0v) is 15.3. The molecule has 0 spiro atoms. The Bertz CT molecular complexity index is 758. The number of carbonyl (C=O) groups excluding carboxylic acids is 1. The molecule has 0 aliphatic carbocycles. The molecular formula is C19H24N6O2. The van der Waals surface area contributed by atoms with Gasteiger partial charge < -0.3 is 19.9 Å². The third-order valence-electron chi connectivity index (χ3n) is 4.94. The minimum Gasteiger partial charge on any atom is -0.376 e. The largest absolute Gasteiger partial charge is 0.376 e. The highest BCUT2D eigenvalue weighted by molar-refractivity contribution is 5.95. The van der Waals surface area contributed by atoms with Gasteiger partial charge in [0, 0.05) is 63.5 Å². The first-order valence-electron chi connectivity index (χ1n) is 9.42. The molecule has 4 heterocycles. The predicted molar refractivity (Wildman–Crippen MR) is 102 cm³/mol. The number of hydrogen-bond acceptors (Lipinski definition) is 7. The number of ether oxygens (including phenoxy) is 1. The second-order valence-electron chi connectivity index (χ2n) is 6.77. The van der Waals surface area contributed by atoms with Gasteiger partial charge in [0.1, 0.15) is 5.82 Å². The molecule has 2 fully saturated rings. The molecule has 2 aliphatic heterocycles. The van der Waals surface area contributed by atoms with Crippen LogP contribution in [0, 0.1) is 0 Å². The Kier molecular flexibility index (Phi) is 5.43. The van der Waals surface area contributed by atoms with E-state index in [1.807, 2.05) is 11.0 Å². The van der Waals surface area contributed by atoms with Crippen molar-refractivity contribution < 1.29 is 9.53 Å². The van der Waals surface area contributed by atoms with Crippen LogP contribution in [0.15, 0.2) is 36.8 Å². The fourth-order valence-corrected chi connectivity index (χ4v) is 3.43. The van der Waals surface area contributed by atoms with Crippen molar-refractivity contribution in [2.24, 2.45) is 0 Å². The lowest BCUT2D eigenvalue weighted by Crippen LogP contribution is -2.49. The molecule has 1 unspecified atom stereocenters. The quantitative estimate of drug-likeness (QED) is 0.855. The van der Waals surface area contributed by atoms with E-state index in [4.69, 9.17) is 4.74 Å². The Morgan fingerprint density at radius 3 is 2.70 bits per heavy atom. The second-order valence-corrected chi connectivity index (χ2v) is 6.77. The molecule has 8 nitrogen and oxygen atoms in total. The van der Waals surface area contributed by atoms with E-state index in [1.54, 1.807) is 30.7 Å². The lowest BCUT2D eigenvalue weighted by molar-refractivity contribution is 0.0746. The first-order chi connectivity index (χ1) is 13.3. The van der Waals surface area contributed by atoms with Gasteiger partial charge in [-0.3, -0.25) is 4.79 Å². The number of carbonyl (C=O) groups is 1. The zero-order chi connectivity index (χ0) is 18.5. The number of nitrogens with zero attached hydrogens (tertiary/aromatic N) is 5. The van der Waals surface area contributed by atoms with Crippen LogP contribution in [-0.4, -0.2) is 71.2 Å². The minimum atomic E-state index is 0.0335. The van der Waals surface area contributed by atoms with Gasteiger partial charge in [-0.15, -0.1) is 0 Å². The number of nitrogens with one attached hydrogen (secondary N) is 1. The lowest BCUT2D eigenvalue weighted by atomic mass is 10.2. The first-order valence-corrected chi connectivity index (χ1v) is 9.42. The molecule has 1 N–H and O–H groups in total. The summed E-state index contributed by atoms with van der Waals surface area (Å²) in [4.78, 5) is 29.7. The van der Waals surface area contributed by atoms with Crippen LogP contribution in [0.3, 0.4) is 0 Å². The Labute approximate surface area is 158 Å². The topological polar surface area (TPSA) is 83.5 Å². The maximum Gasteiger partial charge on any atom is 0.254 e. The molecule has 4 rings (SSSR count). The van der Waals surface area contributed by atoms with Gasteiger partial charge in [0.25, 0.3) is 5.91 Å². The summed E-state index contributed by atoms with van der Waals surface area (Å²) in [6, 6.07) is 5.40. The van der Waals surface area contributed by atoms with Crippen molar-refractivity contribution in [3.8, 4) is 0 Å². The molecule has 0 bridgehead atoms. The summed E-state index contributed by atoms with van der Waals surface area (Å²) < 4.78 is 5.61. The maximum atomic E-state index is 12.9. The summed E-state index contributed by atoms with van der Waals surface area (Å²) in [5.41, 5.74) is 0.657. The molecule has 2 saturated heterocycles. The molecule has 142 valence electrons. The molecule has 0 saturated carbocycles. The number of aromatic nitrogens is 3. The van der Waals surface area contributed by atoms with Gasteiger partial charge in [-0.1, -0.05) is 0 Å². The highest BCUT2D eigenvalue weighted by Crippen LogP contribution is 2.16. The summed E-state index contributed by atoms with van der Waals surface area (Å²) in [6.07, 6.45) is 7.57. The van der Waals surface area contributed by atoms with Crippen LogP contribution in [0.4, 0.5) is 11.8 Å². The fraction of sp³-hybridized carbons (Fsp3) is 0.474. The van der Waals surface area contributed by atoms with Gasteiger partial charge in [0.15, 0.2) is 0 Å². The van der Waals surface area contributed by atoms with E-state index >= 15 is 0 Å². The van der Waals surface area contributed by atoms with Crippen molar-refractivity contribution in [3.63, 3.8) is 0 Å². The van der Waals surface area contributed by atoms with E-state index in [9.17, 15) is 4.79 Å². The molecule has 27 heavy (non-hydrogen) atoms. The summed E-state index contributed by atoms with van der Waals surface area (Å²) in [5, 5.41) is 3.28. The van der Waals surface area contributed by atoms with E-state index < -0.39 is 0 Å². The van der Waals surface area contributed by atoms with E-state index in [0.717, 1.165) is 39.1 Å². The molecular weight excluding hydrogens is 344 g/mol. The van der Waals surface area contributed by atoms with Gasteiger partial charge in [-0.05, 0) is 31.0 Å². The van der Waals surface area contributed by atoms with Gasteiger partial charge in [-0.2, -0.15) is 0 Å². The smallest absolute Gasteiger partial charge is 0.254 e. The first kappa shape index (κ1) is 17.7. The third-order valence-corrected chi connectivity index (χ3v) is 4.94. The number of piperazine rings is 1. The van der Waals surface area contributed by atoms with E-state index in [1.165, 1.54) is 0 Å². The van der Waals surface area contributed by atoms with Gasteiger partial charge in [0.05, 0.1) is 6.10 Å². The minimum absolute atomic E-state index is 0.0335. The number of pyridine rings is 1. The van der Waals surface area contributed by atoms with E-state index in [0.29, 0.717) is 30.4 Å². The predicted octanol–water partition coefficient (Wildman–Crippen LogP) is 1.42. The fourth-order valence-electron chi connectivity index (χ4n) is 3.43.